The van der Waals surface area contributed by atoms with Crippen LogP contribution in [-0.4, -0.2) is 18.8 Å². The van der Waals surface area contributed by atoms with Gasteiger partial charge in [-0.1, -0.05) is 11.6 Å². The van der Waals surface area contributed by atoms with Crippen molar-refractivity contribution in [2.24, 2.45) is 0 Å². The SMILES string of the molecule is CC1CC(Nc2cc(F)ccc2Cl)CCO1. The predicted octanol–water partition coefficient (Wildman–Crippen LogP) is 3.46. The number of benzene rings is 1. The van der Waals surface area contributed by atoms with Gasteiger partial charge in [-0.3, -0.25) is 0 Å². The second-order valence-corrected chi connectivity index (χ2v) is 4.58. The number of anilines is 1. The molecule has 1 aromatic carbocycles. The maximum absolute atomic E-state index is 13.1. The lowest BCUT2D eigenvalue weighted by atomic mass is 10.0. The van der Waals surface area contributed by atoms with E-state index in [9.17, 15) is 4.39 Å². The van der Waals surface area contributed by atoms with Gasteiger partial charge in [-0.05, 0) is 38.0 Å². The van der Waals surface area contributed by atoms with E-state index in [-0.39, 0.29) is 11.9 Å². The van der Waals surface area contributed by atoms with Gasteiger partial charge in [0.25, 0.3) is 0 Å². The summed E-state index contributed by atoms with van der Waals surface area (Å²) in [6.07, 6.45) is 2.10. The second kappa shape index (κ2) is 5.02. The van der Waals surface area contributed by atoms with Crippen LogP contribution < -0.4 is 5.32 Å². The van der Waals surface area contributed by atoms with E-state index in [0.29, 0.717) is 16.8 Å². The van der Waals surface area contributed by atoms with Crippen LogP contribution in [0, 0.1) is 5.82 Å². The smallest absolute Gasteiger partial charge is 0.125 e. The van der Waals surface area contributed by atoms with Gasteiger partial charge < -0.3 is 10.1 Å². The molecule has 1 N–H and O–H groups in total. The quantitative estimate of drug-likeness (QED) is 0.859. The zero-order valence-electron chi connectivity index (χ0n) is 9.17. The van der Waals surface area contributed by atoms with Crippen LogP contribution in [0.1, 0.15) is 19.8 Å². The van der Waals surface area contributed by atoms with E-state index in [4.69, 9.17) is 16.3 Å². The Labute approximate surface area is 99.7 Å². The highest BCUT2D eigenvalue weighted by molar-refractivity contribution is 6.33. The van der Waals surface area contributed by atoms with Crippen molar-refractivity contribution < 1.29 is 9.13 Å². The molecule has 1 heterocycles. The minimum Gasteiger partial charge on any atom is -0.381 e. The zero-order chi connectivity index (χ0) is 11.5. The molecule has 0 aliphatic carbocycles. The molecule has 0 aromatic heterocycles. The fraction of sp³-hybridized carbons (Fsp3) is 0.500. The highest BCUT2D eigenvalue weighted by Crippen LogP contribution is 2.25. The predicted molar refractivity (Wildman–Crippen MR) is 63.5 cm³/mol. The topological polar surface area (TPSA) is 21.3 Å². The highest BCUT2D eigenvalue weighted by Gasteiger charge is 2.19. The van der Waals surface area contributed by atoms with E-state index in [2.05, 4.69) is 5.32 Å². The van der Waals surface area contributed by atoms with Gasteiger partial charge in [0.2, 0.25) is 0 Å². The third kappa shape index (κ3) is 2.86. The third-order valence-electron chi connectivity index (χ3n) is 2.77. The fourth-order valence-corrected chi connectivity index (χ4v) is 2.13. The van der Waals surface area contributed by atoms with Crippen LogP contribution in [0.5, 0.6) is 0 Å². The number of halogens is 2. The molecule has 0 bridgehead atoms. The molecule has 2 nitrogen and oxygen atoms in total. The van der Waals surface area contributed by atoms with Gasteiger partial charge >= 0.3 is 0 Å². The van der Waals surface area contributed by atoms with Crippen LogP contribution in [0.2, 0.25) is 5.02 Å². The number of rotatable bonds is 2. The number of hydrogen-bond acceptors (Lipinski definition) is 2. The van der Waals surface area contributed by atoms with Crippen molar-refractivity contribution in [3.8, 4) is 0 Å². The van der Waals surface area contributed by atoms with E-state index >= 15 is 0 Å². The summed E-state index contributed by atoms with van der Waals surface area (Å²) < 4.78 is 18.5. The van der Waals surface area contributed by atoms with E-state index < -0.39 is 0 Å². The summed E-state index contributed by atoms with van der Waals surface area (Å²) in [7, 11) is 0. The first-order valence-electron chi connectivity index (χ1n) is 5.48. The van der Waals surface area contributed by atoms with Crippen molar-refractivity contribution in [1.29, 1.82) is 0 Å². The molecule has 0 amide bonds. The van der Waals surface area contributed by atoms with Crippen molar-refractivity contribution in [2.75, 3.05) is 11.9 Å². The van der Waals surface area contributed by atoms with Crippen molar-refractivity contribution in [3.63, 3.8) is 0 Å². The molecule has 2 rings (SSSR count). The van der Waals surface area contributed by atoms with Crippen molar-refractivity contribution in [1.82, 2.24) is 0 Å². The van der Waals surface area contributed by atoms with Crippen LogP contribution >= 0.6 is 11.6 Å². The first kappa shape index (κ1) is 11.7. The number of nitrogens with one attached hydrogen (secondary N) is 1. The fourth-order valence-electron chi connectivity index (χ4n) is 1.96. The Morgan fingerprint density at radius 3 is 3.06 bits per heavy atom. The summed E-state index contributed by atoms with van der Waals surface area (Å²) in [5.41, 5.74) is 0.667. The normalized spacial score (nSPS) is 25.4. The van der Waals surface area contributed by atoms with Crippen molar-refractivity contribution in [3.05, 3.63) is 29.0 Å². The van der Waals surface area contributed by atoms with Crippen molar-refractivity contribution in [2.45, 2.75) is 31.9 Å². The van der Waals surface area contributed by atoms with E-state index in [1.54, 1.807) is 6.07 Å². The van der Waals surface area contributed by atoms with Gasteiger partial charge in [-0.15, -0.1) is 0 Å². The van der Waals surface area contributed by atoms with Crippen LogP contribution in [-0.2, 0) is 4.74 Å². The summed E-state index contributed by atoms with van der Waals surface area (Å²) in [6.45, 7) is 2.78. The van der Waals surface area contributed by atoms with Crippen molar-refractivity contribution >= 4 is 17.3 Å². The molecule has 2 unspecified atom stereocenters. The van der Waals surface area contributed by atoms with Gasteiger partial charge in [-0.25, -0.2) is 4.39 Å². The Morgan fingerprint density at radius 1 is 1.50 bits per heavy atom. The monoisotopic (exact) mass is 243 g/mol. The lowest BCUT2D eigenvalue weighted by Crippen LogP contribution is -2.32. The molecule has 1 aliphatic rings. The lowest BCUT2D eigenvalue weighted by molar-refractivity contribution is 0.0232. The largest absolute Gasteiger partial charge is 0.381 e. The molecule has 88 valence electrons. The standard InChI is InChI=1S/C12H15ClFNO/c1-8-6-10(4-5-16-8)15-12-7-9(14)2-3-11(12)13/h2-3,7-8,10,15H,4-6H2,1H3. The van der Waals surface area contributed by atoms with Gasteiger partial charge in [0, 0.05) is 12.6 Å². The zero-order valence-corrected chi connectivity index (χ0v) is 9.93. The Hall–Kier alpha value is -0.800. The number of hydrogen-bond donors (Lipinski definition) is 1. The van der Waals surface area contributed by atoms with Gasteiger partial charge in [0.05, 0.1) is 16.8 Å². The summed E-state index contributed by atoms with van der Waals surface area (Å²) in [4.78, 5) is 0. The average molecular weight is 244 g/mol. The van der Waals surface area contributed by atoms with Gasteiger partial charge in [-0.2, -0.15) is 0 Å². The molecule has 4 heteroatoms. The minimum absolute atomic E-state index is 0.249. The first-order chi connectivity index (χ1) is 7.65. The highest BCUT2D eigenvalue weighted by atomic mass is 35.5. The summed E-state index contributed by atoms with van der Waals surface area (Å²) >= 11 is 5.99. The molecular weight excluding hydrogens is 229 g/mol. The van der Waals surface area contributed by atoms with Gasteiger partial charge in [0.1, 0.15) is 5.82 Å². The maximum atomic E-state index is 13.1. The molecule has 0 radical (unpaired) electrons. The Kier molecular flexibility index (Phi) is 3.66. The molecule has 2 atom stereocenters. The van der Waals surface area contributed by atoms with Crippen LogP contribution in [0.15, 0.2) is 18.2 Å². The molecule has 0 spiro atoms. The first-order valence-corrected chi connectivity index (χ1v) is 5.86. The molecule has 1 aromatic rings. The third-order valence-corrected chi connectivity index (χ3v) is 3.10. The van der Waals surface area contributed by atoms with Gasteiger partial charge in [0.15, 0.2) is 0 Å². The minimum atomic E-state index is -0.271. The summed E-state index contributed by atoms with van der Waals surface area (Å²) in [5.74, 6) is -0.271. The second-order valence-electron chi connectivity index (χ2n) is 4.17. The number of ether oxygens (including phenoxy) is 1. The Balaban J connectivity index is 2.05. The average Bonchev–Trinajstić information content (AvgIpc) is 2.24. The molecule has 0 saturated carbocycles. The van der Waals surface area contributed by atoms with Crippen LogP contribution in [0.3, 0.4) is 0 Å². The van der Waals surface area contributed by atoms with E-state index in [0.717, 1.165) is 19.4 Å². The summed E-state index contributed by atoms with van der Waals surface area (Å²) in [5, 5.41) is 3.82. The van der Waals surface area contributed by atoms with Crippen LogP contribution in [0.25, 0.3) is 0 Å². The molecule has 1 saturated heterocycles. The lowest BCUT2D eigenvalue weighted by Gasteiger charge is -2.29. The van der Waals surface area contributed by atoms with E-state index in [1.165, 1.54) is 12.1 Å². The maximum Gasteiger partial charge on any atom is 0.125 e. The molecule has 1 aliphatic heterocycles. The molecule has 16 heavy (non-hydrogen) atoms. The van der Waals surface area contributed by atoms with E-state index in [1.807, 2.05) is 6.92 Å². The molecular formula is C12H15ClFNO. The summed E-state index contributed by atoms with van der Waals surface area (Å²) in [6, 6.07) is 4.67. The Bertz CT molecular complexity index is 372. The Morgan fingerprint density at radius 2 is 2.31 bits per heavy atom. The molecule has 1 fully saturated rings. The van der Waals surface area contributed by atoms with Crippen LogP contribution in [0.4, 0.5) is 10.1 Å².